The van der Waals surface area contributed by atoms with Crippen molar-refractivity contribution in [2.75, 3.05) is 27.7 Å². The number of hydrogen-bond acceptors (Lipinski definition) is 3. The van der Waals surface area contributed by atoms with Gasteiger partial charge in [-0.25, -0.2) is 0 Å². The fraction of sp³-hybridized carbons (Fsp3) is 0.600. The Kier molecular flexibility index (Phi) is 11.1. The van der Waals surface area contributed by atoms with Gasteiger partial charge in [0, 0.05) is 46.0 Å². The van der Waals surface area contributed by atoms with E-state index in [9.17, 15) is 4.79 Å². The molecule has 23 heavy (non-hydrogen) atoms. The quantitative estimate of drug-likeness (QED) is 0.225. The van der Waals surface area contributed by atoms with Crippen LogP contribution in [-0.4, -0.2) is 49.1 Å². The molecule has 0 aliphatic carbocycles. The molecular weight excluding hydrogens is 431 g/mol. The van der Waals surface area contributed by atoms with Gasteiger partial charge < -0.3 is 19.5 Å². The number of guanidine groups is 1. The second-order valence-electron chi connectivity index (χ2n) is 5.12. The molecule has 1 aromatic rings. The lowest BCUT2D eigenvalue weighted by Crippen LogP contribution is -2.39. The fourth-order valence-corrected chi connectivity index (χ4v) is 2.39. The largest absolute Gasteiger partial charge is 0.469 e. The first-order chi connectivity index (χ1) is 10.5. The molecule has 1 rings (SSSR count). The normalized spacial score (nSPS) is 10.9. The van der Waals surface area contributed by atoms with Crippen LogP contribution in [0.2, 0.25) is 5.02 Å². The first-order valence-electron chi connectivity index (χ1n) is 7.27. The number of halogens is 2. The third-order valence-electron chi connectivity index (χ3n) is 3.37. The van der Waals surface area contributed by atoms with Crippen LogP contribution < -0.4 is 5.32 Å². The van der Waals surface area contributed by atoms with Crippen LogP contribution in [0.25, 0.3) is 0 Å². The highest BCUT2D eigenvalue weighted by Crippen LogP contribution is 2.14. The molecule has 0 amide bonds. The monoisotopic (exact) mass is 456 g/mol. The Bertz CT molecular complexity index is 520. The SMILES string of the molecule is CN=C(NCCCCC(=O)OC)N(C)Cc1cc(Cl)cn1C.I. The molecule has 0 saturated heterocycles. The summed E-state index contributed by atoms with van der Waals surface area (Å²) in [6.45, 7) is 1.48. The molecule has 1 heterocycles. The highest BCUT2D eigenvalue weighted by Gasteiger charge is 2.09. The molecule has 0 radical (unpaired) electrons. The van der Waals surface area contributed by atoms with Crippen molar-refractivity contribution in [3.05, 3.63) is 23.0 Å². The van der Waals surface area contributed by atoms with Crippen LogP contribution in [0.3, 0.4) is 0 Å². The van der Waals surface area contributed by atoms with Crippen LogP contribution in [0.5, 0.6) is 0 Å². The number of aryl methyl sites for hydroxylation is 1. The van der Waals surface area contributed by atoms with E-state index in [0.29, 0.717) is 13.0 Å². The van der Waals surface area contributed by atoms with Crippen molar-refractivity contribution in [3.63, 3.8) is 0 Å². The van der Waals surface area contributed by atoms with E-state index >= 15 is 0 Å². The highest BCUT2D eigenvalue weighted by molar-refractivity contribution is 14.0. The number of aromatic nitrogens is 1. The molecule has 0 saturated carbocycles. The maximum absolute atomic E-state index is 11.0. The van der Waals surface area contributed by atoms with Crippen LogP contribution in [0.15, 0.2) is 17.3 Å². The summed E-state index contributed by atoms with van der Waals surface area (Å²) in [5, 5.41) is 4.02. The average molecular weight is 457 g/mol. The number of esters is 1. The van der Waals surface area contributed by atoms with Crippen molar-refractivity contribution in [2.45, 2.75) is 25.8 Å². The van der Waals surface area contributed by atoms with Gasteiger partial charge in [0.2, 0.25) is 0 Å². The van der Waals surface area contributed by atoms with Crippen LogP contribution in [0.4, 0.5) is 0 Å². The minimum Gasteiger partial charge on any atom is -0.469 e. The Labute approximate surface area is 160 Å². The predicted molar refractivity (Wildman–Crippen MR) is 105 cm³/mol. The van der Waals surface area contributed by atoms with E-state index in [0.717, 1.165) is 36.1 Å². The van der Waals surface area contributed by atoms with Gasteiger partial charge in [0.05, 0.1) is 18.7 Å². The van der Waals surface area contributed by atoms with Gasteiger partial charge in [-0.3, -0.25) is 9.79 Å². The zero-order valence-electron chi connectivity index (χ0n) is 14.1. The van der Waals surface area contributed by atoms with Gasteiger partial charge in [0.1, 0.15) is 0 Å². The Morgan fingerprint density at radius 1 is 1.48 bits per heavy atom. The molecule has 132 valence electrons. The smallest absolute Gasteiger partial charge is 0.305 e. The van der Waals surface area contributed by atoms with E-state index in [-0.39, 0.29) is 29.9 Å². The molecule has 0 aliphatic rings. The van der Waals surface area contributed by atoms with Crippen molar-refractivity contribution in [1.29, 1.82) is 0 Å². The number of aliphatic imine (C=N–C) groups is 1. The lowest BCUT2D eigenvalue weighted by molar-refractivity contribution is -0.140. The molecule has 0 atom stereocenters. The van der Waals surface area contributed by atoms with Crippen LogP contribution in [-0.2, 0) is 23.1 Å². The van der Waals surface area contributed by atoms with Crippen LogP contribution >= 0.6 is 35.6 Å². The summed E-state index contributed by atoms with van der Waals surface area (Å²) < 4.78 is 6.61. The zero-order valence-corrected chi connectivity index (χ0v) is 17.2. The molecule has 1 aromatic heterocycles. The van der Waals surface area contributed by atoms with Gasteiger partial charge in [0.25, 0.3) is 0 Å². The van der Waals surface area contributed by atoms with E-state index in [1.165, 1.54) is 7.11 Å². The topological polar surface area (TPSA) is 58.9 Å². The number of hydrogen-bond donors (Lipinski definition) is 1. The number of unbranched alkanes of at least 4 members (excludes halogenated alkanes) is 1. The number of carbonyl (C=O) groups is 1. The molecule has 0 bridgehead atoms. The summed E-state index contributed by atoms with van der Waals surface area (Å²) in [6.07, 6.45) is 4.02. The number of ether oxygens (including phenoxy) is 1. The highest BCUT2D eigenvalue weighted by atomic mass is 127. The Morgan fingerprint density at radius 2 is 2.17 bits per heavy atom. The fourth-order valence-electron chi connectivity index (χ4n) is 2.12. The lowest BCUT2D eigenvalue weighted by atomic mass is 10.2. The van der Waals surface area contributed by atoms with Gasteiger partial charge >= 0.3 is 5.97 Å². The molecule has 0 unspecified atom stereocenters. The maximum Gasteiger partial charge on any atom is 0.305 e. The second kappa shape index (κ2) is 11.6. The Hall–Kier alpha value is -0.960. The van der Waals surface area contributed by atoms with Crippen LogP contribution in [0.1, 0.15) is 25.0 Å². The van der Waals surface area contributed by atoms with Gasteiger partial charge in [-0.1, -0.05) is 11.6 Å². The second-order valence-corrected chi connectivity index (χ2v) is 5.56. The first-order valence-corrected chi connectivity index (χ1v) is 7.65. The van der Waals surface area contributed by atoms with E-state index in [1.54, 1.807) is 7.05 Å². The molecule has 0 fully saturated rings. The lowest BCUT2D eigenvalue weighted by Gasteiger charge is -2.22. The maximum atomic E-state index is 11.0. The summed E-state index contributed by atoms with van der Waals surface area (Å²) in [5.41, 5.74) is 1.11. The number of methoxy groups -OCH3 is 1. The standard InChI is InChI=1S/C15H25ClN4O2.HI/c1-17-15(18-8-6-5-7-14(21)22-4)20(3)11-13-9-12(16)10-19(13)2;/h9-10H,5-8,11H2,1-4H3,(H,17,18);1H. The number of carbonyl (C=O) groups excluding carboxylic acids is 1. The van der Waals surface area contributed by atoms with Gasteiger partial charge in [0.15, 0.2) is 5.96 Å². The molecule has 8 heteroatoms. The van der Waals surface area contributed by atoms with E-state index in [1.807, 2.05) is 35.8 Å². The van der Waals surface area contributed by atoms with E-state index in [4.69, 9.17) is 11.6 Å². The van der Waals surface area contributed by atoms with E-state index in [2.05, 4.69) is 15.0 Å². The minimum absolute atomic E-state index is 0. The van der Waals surface area contributed by atoms with Gasteiger partial charge in [-0.2, -0.15) is 0 Å². The van der Waals surface area contributed by atoms with E-state index < -0.39 is 0 Å². The van der Waals surface area contributed by atoms with Crippen molar-refractivity contribution in [1.82, 2.24) is 14.8 Å². The number of nitrogens with one attached hydrogen (secondary N) is 1. The number of rotatable bonds is 7. The molecule has 6 nitrogen and oxygen atoms in total. The van der Waals surface area contributed by atoms with Crippen LogP contribution in [0, 0.1) is 0 Å². The summed E-state index contributed by atoms with van der Waals surface area (Å²) in [4.78, 5) is 17.3. The summed E-state index contributed by atoms with van der Waals surface area (Å²) in [7, 11) is 7.11. The van der Waals surface area contributed by atoms with Crippen molar-refractivity contribution < 1.29 is 9.53 Å². The van der Waals surface area contributed by atoms with Crippen molar-refractivity contribution in [2.24, 2.45) is 12.0 Å². The molecule has 0 spiro atoms. The summed E-state index contributed by atoms with van der Waals surface area (Å²) in [5.74, 6) is 0.650. The molecule has 1 N–H and O–H groups in total. The average Bonchev–Trinajstić information content (AvgIpc) is 2.80. The van der Waals surface area contributed by atoms with Crippen molar-refractivity contribution in [3.8, 4) is 0 Å². The minimum atomic E-state index is -0.165. The third-order valence-corrected chi connectivity index (χ3v) is 3.57. The van der Waals surface area contributed by atoms with Gasteiger partial charge in [-0.05, 0) is 18.9 Å². The Balaban J connectivity index is 0.00000484. The third kappa shape index (κ3) is 7.92. The number of nitrogens with zero attached hydrogens (tertiary/aromatic N) is 3. The summed E-state index contributed by atoms with van der Waals surface area (Å²) >= 11 is 6.00. The molecular formula is C15H26ClIN4O2. The van der Waals surface area contributed by atoms with Gasteiger partial charge in [-0.15, -0.1) is 24.0 Å². The summed E-state index contributed by atoms with van der Waals surface area (Å²) in [6, 6.07) is 1.95. The predicted octanol–water partition coefficient (Wildman–Crippen LogP) is 2.65. The van der Waals surface area contributed by atoms with Crippen molar-refractivity contribution >= 4 is 47.5 Å². The molecule has 0 aliphatic heterocycles. The zero-order chi connectivity index (χ0) is 16.5. The molecule has 0 aromatic carbocycles. The first kappa shape index (κ1) is 22.0. The Morgan fingerprint density at radius 3 is 2.70 bits per heavy atom.